The molecule has 0 saturated carbocycles. The second-order valence-electron chi connectivity index (χ2n) is 3.65. The highest BCUT2D eigenvalue weighted by molar-refractivity contribution is 9.10. The van der Waals surface area contributed by atoms with Gasteiger partial charge in [0.1, 0.15) is 5.82 Å². The number of nitrogens with two attached hydrogens (primary N) is 1. The summed E-state index contributed by atoms with van der Waals surface area (Å²) >= 11 is 3.34. The Morgan fingerprint density at radius 3 is 2.73 bits per heavy atom. The molecule has 1 rings (SSSR count). The maximum atomic E-state index is 13.6. The number of halogens is 2. The zero-order chi connectivity index (χ0) is 11.4. The van der Waals surface area contributed by atoms with Gasteiger partial charge >= 0.3 is 0 Å². The fraction of sp³-hybridized carbons (Fsp3) is 0.455. The highest BCUT2D eigenvalue weighted by atomic mass is 79.9. The van der Waals surface area contributed by atoms with Crippen molar-refractivity contribution >= 4 is 15.9 Å². The number of rotatable bonds is 4. The molecule has 84 valence electrons. The van der Waals surface area contributed by atoms with Crippen LogP contribution in [0.1, 0.15) is 18.5 Å². The molecule has 0 bridgehead atoms. The first kappa shape index (κ1) is 12.6. The molecule has 1 aromatic carbocycles. The molecule has 3 N–H and O–H groups in total. The molecule has 2 unspecified atom stereocenters. The standard InChI is InChI=1S/C11H16BrFN2/c1-7(6-14)11(15-2)9-5-8(12)3-4-10(9)13/h3-5,7,11,15H,6,14H2,1-2H3. The lowest BCUT2D eigenvalue weighted by atomic mass is 9.94. The molecule has 15 heavy (non-hydrogen) atoms. The molecule has 4 heteroatoms. The van der Waals surface area contributed by atoms with E-state index in [4.69, 9.17) is 5.73 Å². The van der Waals surface area contributed by atoms with Gasteiger partial charge in [-0.2, -0.15) is 0 Å². The summed E-state index contributed by atoms with van der Waals surface area (Å²) in [6.45, 7) is 2.53. The average Bonchev–Trinajstić information content (AvgIpc) is 2.23. The molecule has 0 saturated heterocycles. The lowest BCUT2D eigenvalue weighted by Crippen LogP contribution is -2.29. The van der Waals surface area contributed by atoms with Gasteiger partial charge in [0.2, 0.25) is 0 Å². The van der Waals surface area contributed by atoms with Crippen molar-refractivity contribution in [2.24, 2.45) is 11.7 Å². The summed E-state index contributed by atoms with van der Waals surface area (Å²) in [5, 5.41) is 3.10. The van der Waals surface area contributed by atoms with Crippen LogP contribution in [0.25, 0.3) is 0 Å². The van der Waals surface area contributed by atoms with E-state index in [0.29, 0.717) is 12.1 Å². The first-order valence-electron chi connectivity index (χ1n) is 4.92. The molecule has 0 aromatic heterocycles. The molecule has 2 nitrogen and oxygen atoms in total. The highest BCUT2D eigenvalue weighted by Crippen LogP contribution is 2.26. The third-order valence-electron chi connectivity index (χ3n) is 2.54. The van der Waals surface area contributed by atoms with Gasteiger partial charge in [0, 0.05) is 16.1 Å². The average molecular weight is 275 g/mol. The van der Waals surface area contributed by atoms with Crippen LogP contribution in [0.4, 0.5) is 4.39 Å². The Morgan fingerprint density at radius 2 is 2.20 bits per heavy atom. The summed E-state index contributed by atoms with van der Waals surface area (Å²) < 4.78 is 14.5. The van der Waals surface area contributed by atoms with E-state index in [1.54, 1.807) is 12.1 Å². The quantitative estimate of drug-likeness (QED) is 0.885. The Morgan fingerprint density at radius 1 is 1.53 bits per heavy atom. The van der Waals surface area contributed by atoms with Crippen molar-refractivity contribution < 1.29 is 4.39 Å². The van der Waals surface area contributed by atoms with E-state index >= 15 is 0 Å². The van der Waals surface area contributed by atoms with Crippen LogP contribution in [0, 0.1) is 11.7 Å². The molecule has 2 atom stereocenters. The lowest BCUT2D eigenvalue weighted by molar-refractivity contribution is 0.404. The Bertz CT molecular complexity index is 330. The molecule has 0 amide bonds. The van der Waals surface area contributed by atoms with E-state index in [1.165, 1.54) is 6.07 Å². The normalized spacial score (nSPS) is 15.0. The fourth-order valence-corrected chi connectivity index (χ4v) is 2.01. The molecule has 1 aromatic rings. The van der Waals surface area contributed by atoms with E-state index in [1.807, 2.05) is 14.0 Å². The summed E-state index contributed by atoms with van der Waals surface area (Å²) in [5.41, 5.74) is 6.26. The van der Waals surface area contributed by atoms with Gasteiger partial charge < -0.3 is 11.1 Å². The van der Waals surface area contributed by atoms with Gasteiger partial charge in [-0.05, 0) is 37.7 Å². The minimum absolute atomic E-state index is 0.0486. The van der Waals surface area contributed by atoms with E-state index in [9.17, 15) is 4.39 Å². The van der Waals surface area contributed by atoms with Crippen LogP contribution in [0.3, 0.4) is 0 Å². The smallest absolute Gasteiger partial charge is 0.128 e. The van der Waals surface area contributed by atoms with Crippen molar-refractivity contribution in [1.82, 2.24) is 5.32 Å². The zero-order valence-electron chi connectivity index (χ0n) is 8.93. The first-order chi connectivity index (χ1) is 7.10. The van der Waals surface area contributed by atoms with E-state index in [0.717, 1.165) is 4.47 Å². The molecule has 0 spiro atoms. The Hall–Kier alpha value is -0.450. The maximum absolute atomic E-state index is 13.6. The third-order valence-corrected chi connectivity index (χ3v) is 3.04. The summed E-state index contributed by atoms with van der Waals surface area (Å²) in [4.78, 5) is 0. The SMILES string of the molecule is CNC(c1cc(Br)ccc1F)C(C)CN. The summed E-state index contributed by atoms with van der Waals surface area (Å²) in [5.74, 6) is -0.00310. The second kappa shape index (κ2) is 5.58. The number of benzene rings is 1. The van der Waals surface area contributed by atoms with E-state index in [2.05, 4.69) is 21.2 Å². The molecule has 0 aliphatic rings. The van der Waals surface area contributed by atoms with Crippen LogP contribution in [0.5, 0.6) is 0 Å². The van der Waals surface area contributed by atoms with Gasteiger partial charge in [0.05, 0.1) is 0 Å². The van der Waals surface area contributed by atoms with Gasteiger partial charge in [-0.15, -0.1) is 0 Å². The van der Waals surface area contributed by atoms with Crippen LogP contribution < -0.4 is 11.1 Å². The molecule has 0 fully saturated rings. The highest BCUT2D eigenvalue weighted by Gasteiger charge is 2.19. The lowest BCUT2D eigenvalue weighted by Gasteiger charge is -2.23. The van der Waals surface area contributed by atoms with Crippen LogP contribution in [-0.2, 0) is 0 Å². The zero-order valence-corrected chi connectivity index (χ0v) is 10.5. The van der Waals surface area contributed by atoms with Gasteiger partial charge in [-0.1, -0.05) is 22.9 Å². The molecule has 0 radical (unpaired) electrons. The molecular weight excluding hydrogens is 259 g/mol. The van der Waals surface area contributed by atoms with Crippen molar-refractivity contribution in [1.29, 1.82) is 0 Å². The monoisotopic (exact) mass is 274 g/mol. The number of nitrogens with one attached hydrogen (secondary N) is 1. The van der Waals surface area contributed by atoms with Gasteiger partial charge in [0.15, 0.2) is 0 Å². The van der Waals surface area contributed by atoms with Crippen molar-refractivity contribution in [2.45, 2.75) is 13.0 Å². The van der Waals surface area contributed by atoms with Crippen LogP contribution >= 0.6 is 15.9 Å². The van der Waals surface area contributed by atoms with Crippen LogP contribution in [-0.4, -0.2) is 13.6 Å². The molecule has 0 heterocycles. The number of hydrogen-bond acceptors (Lipinski definition) is 2. The Balaban J connectivity index is 3.05. The van der Waals surface area contributed by atoms with Gasteiger partial charge in [-0.3, -0.25) is 0 Å². The minimum atomic E-state index is -0.196. The predicted octanol–water partition coefficient (Wildman–Crippen LogP) is 2.44. The van der Waals surface area contributed by atoms with Gasteiger partial charge in [0.25, 0.3) is 0 Å². The van der Waals surface area contributed by atoms with Crippen LogP contribution in [0.15, 0.2) is 22.7 Å². The largest absolute Gasteiger partial charge is 0.330 e. The van der Waals surface area contributed by atoms with Crippen molar-refractivity contribution in [3.8, 4) is 0 Å². The third kappa shape index (κ3) is 3.00. The maximum Gasteiger partial charge on any atom is 0.128 e. The van der Waals surface area contributed by atoms with Crippen LogP contribution in [0.2, 0.25) is 0 Å². The van der Waals surface area contributed by atoms with Crippen molar-refractivity contribution in [3.05, 3.63) is 34.1 Å². The van der Waals surface area contributed by atoms with Crippen molar-refractivity contribution in [3.63, 3.8) is 0 Å². The summed E-state index contributed by atoms with van der Waals surface area (Å²) in [6.07, 6.45) is 0. The van der Waals surface area contributed by atoms with Crippen molar-refractivity contribution in [2.75, 3.05) is 13.6 Å². The van der Waals surface area contributed by atoms with E-state index < -0.39 is 0 Å². The Kier molecular flexibility index (Phi) is 4.70. The molecular formula is C11H16BrFN2. The predicted molar refractivity (Wildman–Crippen MR) is 64.1 cm³/mol. The second-order valence-corrected chi connectivity index (χ2v) is 4.56. The van der Waals surface area contributed by atoms with E-state index in [-0.39, 0.29) is 17.8 Å². The number of hydrogen-bond donors (Lipinski definition) is 2. The topological polar surface area (TPSA) is 38.0 Å². The summed E-state index contributed by atoms with van der Waals surface area (Å²) in [6, 6.07) is 4.90. The Labute approximate surface area is 98.2 Å². The fourth-order valence-electron chi connectivity index (χ4n) is 1.64. The van der Waals surface area contributed by atoms with Gasteiger partial charge in [-0.25, -0.2) is 4.39 Å². The summed E-state index contributed by atoms with van der Waals surface area (Å²) in [7, 11) is 1.82. The minimum Gasteiger partial charge on any atom is -0.330 e. The molecule has 0 aliphatic carbocycles. The first-order valence-corrected chi connectivity index (χ1v) is 5.71. The molecule has 0 aliphatic heterocycles.